The van der Waals surface area contributed by atoms with Gasteiger partial charge in [0, 0.05) is 19.1 Å². The number of carbonyl (C=O) groups is 2. The molecule has 1 aromatic rings. The number of nitrogens with one attached hydrogen (secondary N) is 1. The Labute approximate surface area is 137 Å². The minimum atomic E-state index is -0.168. The standard InChI is InChI=1S/C18H25N3O2/c1-13-6-5-11-21(12-13)18(23)16-10-4-9-15(20-16)17(22)19-14-7-2-3-8-14/h4,9-10,13-14H,2-3,5-8,11-12H2,1H3,(H,19,22). The molecule has 2 fully saturated rings. The van der Waals surface area contributed by atoms with E-state index in [-0.39, 0.29) is 17.9 Å². The zero-order valence-corrected chi connectivity index (χ0v) is 13.8. The third kappa shape index (κ3) is 3.89. The molecule has 1 atom stereocenters. The topological polar surface area (TPSA) is 62.3 Å². The van der Waals surface area contributed by atoms with Gasteiger partial charge in [-0.1, -0.05) is 25.8 Å². The Morgan fingerprint density at radius 1 is 1.13 bits per heavy atom. The summed E-state index contributed by atoms with van der Waals surface area (Å²) in [5, 5.41) is 3.02. The molecule has 124 valence electrons. The second-order valence-corrected chi connectivity index (χ2v) is 6.86. The van der Waals surface area contributed by atoms with Crippen LogP contribution < -0.4 is 5.32 Å². The van der Waals surface area contributed by atoms with E-state index in [2.05, 4.69) is 17.2 Å². The molecule has 2 aliphatic rings. The lowest BCUT2D eigenvalue weighted by Crippen LogP contribution is -2.39. The third-order valence-corrected chi connectivity index (χ3v) is 4.84. The van der Waals surface area contributed by atoms with Gasteiger partial charge in [0.15, 0.2) is 0 Å². The average molecular weight is 315 g/mol. The second kappa shape index (κ2) is 7.11. The Balaban J connectivity index is 1.68. The van der Waals surface area contributed by atoms with Gasteiger partial charge in [-0.25, -0.2) is 4.98 Å². The van der Waals surface area contributed by atoms with E-state index >= 15 is 0 Å². The van der Waals surface area contributed by atoms with E-state index in [1.54, 1.807) is 18.2 Å². The van der Waals surface area contributed by atoms with Crippen molar-refractivity contribution in [2.24, 2.45) is 5.92 Å². The Kier molecular flexibility index (Phi) is 4.94. The van der Waals surface area contributed by atoms with Crippen LogP contribution in [0, 0.1) is 5.92 Å². The lowest BCUT2D eigenvalue weighted by Gasteiger charge is -2.30. The summed E-state index contributed by atoms with van der Waals surface area (Å²) in [4.78, 5) is 31.1. The number of hydrogen-bond acceptors (Lipinski definition) is 3. The molecular weight excluding hydrogens is 290 g/mol. The SMILES string of the molecule is CC1CCCN(C(=O)c2cccc(C(=O)NC3CCCC3)n2)C1. The number of nitrogens with zero attached hydrogens (tertiary/aromatic N) is 2. The molecule has 0 radical (unpaired) electrons. The zero-order valence-electron chi connectivity index (χ0n) is 13.8. The smallest absolute Gasteiger partial charge is 0.272 e. The van der Waals surface area contributed by atoms with Crippen LogP contribution in [0.2, 0.25) is 0 Å². The van der Waals surface area contributed by atoms with Crippen LogP contribution in [0.25, 0.3) is 0 Å². The van der Waals surface area contributed by atoms with Crippen LogP contribution in [0.1, 0.15) is 66.4 Å². The quantitative estimate of drug-likeness (QED) is 0.932. The molecule has 2 heterocycles. The number of amides is 2. The van der Waals surface area contributed by atoms with Gasteiger partial charge in [0.2, 0.25) is 0 Å². The summed E-state index contributed by atoms with van der Waals surface area (Å²) in [6.45, 7) is 3.72. The number of carbonyl (C=O) groups excluding carboxylic acids is 2. The Bertz CT molecular complexity index is 581. The molecule has 3 rings (SSSR count). The van der Waals surface area contributed by atoms with Gasteiger partial charge >= 0.3 is 0 Å². The van der Waals surface area contributed by atoms with E-state index in [1.165, 1.54) is 19.3 Å². The first-order chi connectivity index (χ1) is 11.1. The number of pyridine rings is 1. The summed E-state index contributed by atoms with van der Waals surface area (Å²) in [7, 11) is 0. The largest absolute Gasteiger partial charge is 0.348 e. The van der Waals surface area contributed by atoms with Gasteiger partial charge in [0.1, 0.15) is 11.4 Å². The van der Waals surface area contributed by atoms with Gasteiger partial charge in [-0.3, -0.25) is 9.59 Å². The molecule has 1 saturated heterocycles. The first-order valence-corrected chi connectivity index (χ1v) is 8.70. The van der Waals surface area contributed by atoms with Gasteiger partial charge in [-0.15, -0.1) is 0 Å². The van der Waals surface area contributed by atoms with Crippen molar-refractivity contribution < 1.29 is 9.59 Å². The average Bonchev–Trinajstić information content (AvgIpc) is 3.07. The summed E-state index contributed by atoms with van der Waals surface area (Å²) in [6, 6.07) is 5.39. The summed E-state index contributed by atoms with van der Waals surface area (Å²) >= 11 is 0. The molecule has 1 unspecified atom stereocenters. The molecule has 1 aliphatic carbocycles. The fourth-order valence-electron chi connectivity index (χ4n) is 3.55. The van der Waals surface area contributed by atoms with E-state index < -0.39 is 0 Å². The van der Waals surface area contributed by atoms with Crippen LogP contribution in [0.15, 0.2) is 18.2 Å². The highest BCUT2D eigenvalue weighted by Gasteiger charge is 2.24. The van der Waals surface area contributed by atoms with Gasteiger partial charge < -0.3 is 10.2 Å². The van der Waals surface area contributed by atoms with Gasteiger partial charge in [-0.05, 0) is 43.7 Å². The Morgan fingerprint density at radius 2 is 1.87 bits per heavy atom. The fraction of sp³-hybridized carbons (Fsp3) is 0.611. The molecule has 5 nitrogen and oxygen atoms in total. The van der Waals surface area contributed by atoms with E-state index in [0.29, 0.717) is 17.3 Å². The molecular formula is C18H25N3O2. The molecule has 0 aromatic carbocycles. The summed E-state index contributed by atoms with van der Waals surface area (Å²) < 4.78 is 0. The first-order valence-electron chi connectivity index (χ1n) is 8.70. The molecule has 2 amide bonds. The molecule has 1 aliphatic heterocycles. The van der Waals surface area contributed by atoms with Crippen molar-refractivity contribution in [1.29, 1.82) is 0 Å². The maximum atomic E-state index is 12.6. The highest BCUT2D eigenvalue weighted by molar-refractivity contribution is 5.96. The molecule has 1 saturated carbocycles. The third-order valence-electron chi connectivity index (χ3n) is 4.84. The first kappa shape index (κ1) is 16.0. The lowest BCUT2D eigenvalue weighted by atomic mass is 10.00. The molecule has 23 heavy (non-hydrogen) atoms. The van der Waals surface area contributed by atoms with Crippen molar-refractivity contribution in [3.8, 4) is 0 Å². The van der Waals surface area contributed by atoms with Crippen molar-refractivity contribution >= 4 is 11.8 Å². The molecule has 1 N–H and O–H groups in total. The summed E-state index contributed by atoms with van der Waals surface area (Å²) in [5.74, 6) is 0.298. The number of aromatic nitrogens is 1. The van der Waals surface area contributed by atoms with Crippen molar-refractivity contribution in [2.75, 3.05) is 13.1 Å². The van der Waals surface area contributed by atoms with Crippen LogP contribution in [-0.4, -0.2) is 40.8 Å². The molecule has 0 bridgehead atoms. The van der Waals surface area contributed by atoms with Gasteiger partial charge in [0.25, 0.3) is 11.8 Å². The maximum absolute atomic E-state index is 12.6. The normalized spacial score (nSPS) is 22.1. The van der Waals surface area contributed by atoms with Crippen molar-refractivity contribution in [1.82, 2.24) is 15.2 Å². The summed E-state index contributed by atoms with van der Waals surface area (Å²) in [6.07, 6.45) is 6.62. The van der Waals surface area contributed by atoms with E-state index in [9.17, 15) is 9.59 Å². The van der Waals surface area contributed by atoms with Crippen molar-refractivity contribution in [3.63, 3.8) is 0 Å². The minimum absolute atomic E-state index is 0.0629. The van der Waals surface area contributed by atoms with E-state index in [1.807, 2.05) is 4.90 Å². The van der Waals surface area contributed by atoms with Gasteiger partial charge in [0.05, 0.1) is 0 Å². The monoisotopic (exact) mass is 315 g/mol. The number of rotatable bonds is 3. The maximum Gasteiger partial charge on any atom is 0.272 e. The summed E-state index contributed by atoms with van der Waals surface area (Å²) in [5.41, 5.74) is 0.714. The van der Waals surface area contributed by atoms with E-state index in [0.717, 1.165) is 32.4 Å². The van der Waals surface area contributed by atoms with Crippen LogP contribution in [0.5, 0.6) is 0 Å². The predicted octanol–water partition coefficient (Wildman–Crippen LogP) is 2.63. The second-order valence-electron chi connectivity index (χ2n) is 6.86. The number of hydrogen-bond donors (Lipinski definition) is 1. The molecule has 0 spiro atoms. The van der Waals surface area contributed by atoms with Crippen LogP contribution in [-0.2, 0) is 0 Å². The van der Waals surface area contributed by atoms with Crippen LogP contribution in [0.3, 0.4) is 0 Å². The van der Waals surface area contributed by atoms with E-state index in [4.69, 9.17) is 0 Å². The van der Waals surface area contributed by atoms with Crippen LogP contribution in [0.4, 0.5) is 0 Å². The van der Waals surface area contributed by atoms with Crippen molar-refractivity contribution in [3.05, 3.63) is 29.6 Å². The number of piperidine rings is 1. The highest BCUT2D eigenvalue weighted by Crippen LogP contribution is 2.19. The van der Waals surface area contributed by atoms with Crippen molar-refractivity contribution in [2.45, 2.75) is 51.5 Å². The van der Waals surface area contributed by atoms with Gasteiger partial charge in [-0.2, -0.15) is 0 Å². The molecule has 1 aromatic heterocycles. The number of likely N-dealkylation sites (tertiary alicyclic amines) is 1. The lowest BCUT2D eigenvalue weighted by molar-refractivity contribution is 0.0677. The Hall–Kier alpha value is -1.91. The zero-order chi connectivity index (χ0) is 16.2. The van der Waals surface area contributed by atoms with Crippen LogP contribution >= 0.6 is 0 Å². The Morgan fingerprint density at radius 3 is 2.61 bits per heavy atom. The minimum Gasteiger partial charge on any atom is -0.348 e. The fourth-order valence-corrected chi connectivity index (χ4v) is 3.55. The molecule has 5 heteroatoms. The highest BCUT2D eigenvalue weighted by atomic mass is 16.2. The predicted molar refractivity (Wildman–Crippen MR) is 88.3 cm³/mol.